The Labute approximate surface area is 161 Å². The van der Waals surface area contributed by atoms with Crippen molar-refractivity contribution < 1.29 is 60.4 Å². The number of aliphatic hydroxyl groups excluding tert-OH is 1. The van der Waals surface area contributed by atoms with Gasteiger partial charge in [0.2, 0.25) is 0 Å². The third kappa shape index (κ3) is 5.83. The summed E-state index contributed by atoms with van der Waals surface area (Å²) in [5, 5.41) is 9.08. The van der Waals surface area contributed by atoms with Crippen LogP contribution in [0.25, 0.3) is 0 Å². The average Bonchev–Trinajstić information content (AvgIpc) is 3.04. The molecule has 28 heavy (non-hydrogen) atoms. The van der Waals surface area contributed by atoms with Crippen molar-refractivity contribution in [1.29, 1.82) is 0 Å². The SMILES string of the molecule is [B][C@@H]1O[C@H](COP(=O)([O-])O[C@@H]2C(F)[C@H]([B])O[C@@H]2CO)[C@H](OP(=O)([O-])OC)C1F. The van der Waals surface area contributed by atoms with E-state index >= 15 is 0 Å². The van der Waals surface area contributed by atoms with E-state index in [0.717, 1.165) is 7.11 Å². The van der Waals surface area contributed by atoms with E-state index in [-0.39, 0.29) is 0 Å². The lowest BCUT2D eigenvalue weighted by Gasteiger charge is -2.31. The number of ether oxygens (including phenoxy) is 2. The van der Waals surface area contributed by atoms with Crippen LogP contribution in [0.15, 0.2) is 0 Å². The van der Waals surface area contributed by atoms with Crippen LogP contribution in [-0.4, -0.2) is 89.9 Å². The lowest BCUT2D eigenvalue weighted by Crippen LogP contribution is -2.37. The lowest BCUT2D eigenvalue weighted by atomic mass is 9.94. The summed E-state index contributed by atoms with van der Waals surface area (Å²) in [7, 11) is 1.19. The van der Waals surface area contributed by atoms with E-state index in [1.54, 1.807) is 0 Å². The Bertz CT molecular complexity index is 633. The Hall–Kier alpha value is 0.0899. The molecular formula is C11H16B2F2O11P2-2. The smallest absolute Gasteiger partial charge is 0.268 e. The molecule has 0 amide bonds. The molecule has 158 valence electrons. The van der Waals surface area contributed by atoms with Gasteiger partial charge in [-0.05, 0) is 0 Å². The molecule has 2 heterocycles. The first-order valence-electron chi connectivity index (χ1n) is 7.81. The van der Waals surface area contributed by atoms with Gasteiger partial charge in [-0.15, -0.1) is 0 Å². The van der Waals surface area contributed by atoms with Gasteiger partial charge in [-0.2, -0.15) is 0 Å². The van der Waals surface area contributed by atoms with Crippen molar-refractivity contribution in [1.82, 2.24) is 0 Å². The van der Waals surface area contributed by atoms with Crippen molar-refractivity contribution in [3.8, 4) is 0 Å². The Balaban J connectivity index is 2.00. The molecule has 4 radical (unpaired) electrons. The van der Waals surface area contributed by atoms with Gasteiger partial charge in [0.25, 0.3) is 15.6 Å². The van der Waals surface area contributed by atoms with Crippen LogP contribution >= 0.6 is 15.6 Å². The van der Waals surface area contributed by atoms with Crippen molar-refractivity contribution >= 4 is 31.3 Å². The molecule has 2 aliphatic heterocycles. The number of hydrogen-bond acceptors (Lipinski definition) is 11. The zero-order valence-electron chi connectivity index (χ0n) is 14.4. The van der Waals surface area contributed by atoms with E-state index < -0.39 is 77.6 Å². The monoisotopic (exact) mass is 446 g/mol. The molecule has 1 N–H and O–H groups in total. The van der Waals surface area contributed by atoms with Gasteiger partial charge < -0.3 is 42.5 Å². The summed E-state index contributed by atoms with van der Waals surface area (Å²) in [5.41, 5.74) is 0. The minimum atomic E-state index is -5.25. The van der Waals surface area contributed by atoms with Gasteiger partial charge in [0.05, 0.1) is 25.2 Å². The maximum atomic E-state index is 14.0. The zero-order chi connectivity index (χ0) is 21.3. The van der Waals surface area contributed by atoms with Gasteiger partial charge in [-0.1, -0.05) is 0 Å². The second-order valence-corrected chi connectivity index (χ2v) is 8.70. The van der Waals surface area contributed by atoms with Crippen LogP contribution in [0, 0.1) is 0 Å². The normalized spacial score (nSPS) is 42.9. The fraction of sp³-hybridized carbons (Fsp3) is 1.00. The average molecular weight is 446 g/mol. The van der Waals surface area contributed by atoms with Crippen molar-refractivity contribution in [3.05, 3.63) is 0 Å². The Morgan fingerprint density at radius 1 is 1.00 bits per heavy atom. The topological polar surface area (TPSA) is 156 Å². The summed E-state index contributed by atoms with van der Waals surface area (Å²) in [5.74, 6) is 0. The van der Waals surface area contributed by atoms with E-state index in [2.05, 4.69) is 18.1 Å². The highest BCUT2D eigenvalue weighted by Crippen LogP contribution is 2.46. The van der Waals surface area contributed by atoms with E-state index in [4.69, 9.17) is 30.3 Å². The van der Waals surface area contributed by atoms with Gasteiger partial charge in [0.15, 0.2) is 0 Å². The molecule has 11 nitrogen and oxygen atoms in total. The molecular weight excluding hydrogens is 430 g/mol. The molecule has 17 heteroatoms. The quantitative estimate of drug-likeness (QED) is 0.304. The van der Waals surface area contributed by atoms with Crippen molar-refractivity contribution in [2.45, 2.75) is 48.8 Å². The number of hydrogen-bond donors (Lipinski definition) is 1. The standard InChI is InChI=1S/C11H18B2F2O11P2/c1-21-27(17,18)25-9-5(24-11(13)7(9)15)3-22-28(19,20)26-8-4(2-16)23-10(12)6(8)14/h4-11,16H,2-3H2,1H3,(H,17,18)(H,19,20)/p-2/t4-,5-,6?,7?,8+,9+,10-,11-/m1/s1. The molecule has 0 bridgehead atoms. The Morgan fingerprint density at radius 2 is 1.46 bits per heavy atom. The largest absolute Gasteiger partial charge is 0.756 e. The van der Waals surface area contributed by atoms with E-state index in [9.17, 15) is 27.7 Å². The van der Waals surface area contributed by atoms with Crippen LogP contribution < -0.4 is 9.79 Å². The van der Waals surface area contributed by atoms with Gasteiger partial charge in [-0.3, -0.25) is 9.13 Å². The summed E-state index contributed by atoms with van der Waals surface area (Å²) in [6, 6.07) is -3.15. The summed E-state index contributed by atoms with van der Waals surface area (Å²) < 4.78 is 78.4. The number of aliphatic hydroxyl groups is 1. The molecule has 0 saturated carbocycles. The highest BCUT2D eigenvalue weighted by molar-refractivity contribution is 7.46. The maximum Gasteiger partial charge on any atom is 0.268 e. The van der Waals surface area contributed by atoms with Crippen LogP contribution in [0.2, 0.25) is 0 Å². The second kappa shape index (κ2) is 9.49. The van der Waals surface area contributed by atoms with Crippen LogP contribution in [0.5, 0.6) is 0 Å². The second-order valence-electron chi connectivity index (χ2n) is 5.86. The molecule has 0 aromatic heterocycles. The van der Waals surface area contributed by atoms with Crippen molar-refractivity contribution in [2.24, 2.45) is 0 Å². The summed E-state index contributed by atoms with van der Waals surface area (Å²) in [4.78, 5) is 23.3. The molecule has 2 aliphatic rings. The molecule has 0 aromatic carbocycles. The first kappa shape index (κ1) is 24.4. The van der Waals surface area contributed by atoms with Gasteiger partial charge in [-0.25, -0.2) is 8.78 Å². The number of alkyl halides is 2. The van der Waals surface area contributed by atoms with E-state index in [1.165, 1.54) is 0 Å². The first-order chi connectivity index (χ1) is 12.9. The summed E-state index contributed by atoms with van der Waals surface area (Å²) in [6.45, 7) is -1.75. The minimum absolute atomic E-state index is 0.765. The molecule has 2 rings (SSSR count). The fourth-order valence-corrected chi connectivity index (χ4v) is 4.14. The molecule has 2 saturated heterocycles. The van der Waals surface area contributed by atoms with Crippen LogP contribution in [-0.2, 0) is 36.7 Å². The first-order valence-corrected chi connectivity index (χ1v) is 10.7. The van der Waals surface area contributed by atoms with Crippen LogP contribution in [0.3, 0.4) is 0 Å². The summed E-state index contributed by atoms with van der Waals surface area (Å²) in [6.07, 6.45) is -10.8. The highest BCUT2D eigenvalue weighted by Gasteiger charge is 2.47. The Morgan fingerprint density at radius 3 is 1.96 bits per heavy atom. The zero-order valence-corrected chi connectivity index (χ0v) is 16.2. The summed E-state index contributed by atoms with van der Waals surface area (Å²) >= 11 is 0. The number of phosphoric ester groups is 2. The molecule has 2 fully saturated rings. The third-order valence-electron chi connectivity index (χ3n) is 3.95. The number of phosphoric acid groups is 2. The fourth-order valence-electron chi connectivity index (χ4n) is 2.56. The maximum absolute atomic E-state index is 14.0. The van der Waals surface area contributed by atoms with Crippen molar-refractivity contribution in [3.63, 3.8) is 0 Å². The van der Waals surface area contributed by atoms with E-state index in [0.29, 0.717) is 0 Å². The van der Waals surface area contributed by atoms with Crippen LogP contribution in [0.4, 0.5) is 8.78 Å². The minimum Gasteiger partial charge on any atom is -0.756 e. The third-order valence-corrected chi connectivity index (χ3v) is 5.87. The lowest BCUT2D eigenvalue weighted by molar-refractivity contribution is -0.237. The molecule has 0 aromatic rings. The van der Waals surface area contributed by atoms with E-state index in [1.807, 2.05) is 0 Å². The predicted octanol–water partition coefficient (Wildman–Crippen LogP) is -2.19. The van der Waals surface area contributed by atoms with Gasteiger partial charge in [0, 0.05) is 7.11 Å². The molecule has 0 spiro atoms. The number of halogens is 2. The number of rotatable bonds is 9. The van der Waals surface area contributed by atoms with Gasteiger partial charge in [0.1, 0.15) is 52.5 Å². The van der Waals surface area contributed by atoms with Gasteiger partial charge >= 0.3 is 0 Å². The molecule has 0 aliphatic carbocycles. The van der Waals surface area contributed by atoms with Crippen LogP contribution in [0.1, 0.15) is 0 Å². The Kier molecular flexibility index (Phi) is 8.25. The highest BCUT2D eigenvalue weighted by atomic mass is 31.2. The predicted molar refractivity (Wildman–Crippen MR) is 83.6 cm³/mol. The molecule has 10 atom stereocenters. The molecule has 4 unspecified atom stereocenters. The van der Waals surface area contributed by atoms with Crippen molar-refractivity contribution in [2.75, 3.05) is 20.3 Å².